The van der Waals surface area contributed by atoms with Crippen LogP contribution >= 0.6 is 0 Å². The Balaban J connectivity index is 1.49. The second kappa shape index (κ2) is 10.3. The van der Waals surface area contributed by atoms with E-state index in [0.29, 0.717) is 24.6 Å². The van der Waals surface area contributed by atoms with Gasteiger partial charge in [0.1, 0.15) is 0 Å². The van der Waals surface area contributed by atoms with E-state index in [2.05, 4.69) is 9.80 Å². The first kappa shape index (κ1) is 22.6. The Labute approximate surface area is 184 Å². The Bertz CT molecular complexity index is 906. The van der Waals surface area contributed by atoms with Crippen molar-refractivity contribution in [3.63, 3.8) is 0 Å². The number of piperazine rings is 1. The van der Waals surface area contributed by atoms with E-state index < -0.39 is 0 Å². The van der Waals surface area contributed by atoms with E-state index in [9.17, 15) is 9.59 Å². The quantitative estimate of drug-likeness (QED) is 0.606. The molecular weight excluding hydrogens is 394 g/mol. The van der Waals surface area contributed by atoms with Crippen molar-refractivity contribution in [3.05, 3.63) is 53.6 Å². The van der Waals surface area contributed by atoms with Crippen molar-refractivity contribution in [2.24, 2.45) is 0 Å². The van der Waals surface area contributed by atoms with Gasteiger partial charge in [-0.05, 0) is 48.9 Å². The third-order valence-electron chi connectivity index (χ3n) is 5.66. The smallest absolute Gasteiger partial charge is 0.236 e. The maximum Gasteiger partial charge on any atom is 0.236 e. The highest BCUT2D eigenvalue weighted by Crippen LogP contribution is 2.28. The minimum atomic E-state index is 0.0760. The summed E-state index contributed by atoms with van der Waals surface area (Å²) in [5.74, 6) is 1.50. The molecule has 0 saturated carbocycles. The zero-order chi connectivity index (χ0) is 22.4. The number of amides is 1. The number of likely N-dealkylation sites (N-methyl/N-ethyl adjacent to an activating group) is 1. The van der Waals surface area contributed by atoms with E-state index in [1.807, 2.05) is 49.5 Å². The average molecular weight is 426 g/mol. The van der Waals surface area contributed by atoms with Gasteiger partial charge in [0.2, 0.25) is 5.91 Å². The highest BCUT2D eigenvalue weighted by atomic mass is 16.5. The van der Waals surface area contributed by atoms with E-state index >= 15 is 0 Å². The van der Waals surface area contributed by atoms with Gasteiger partial charge in [-0.2, -0.15) is 0 Å². The third kappa shape index (κ3) is 5.76. The Morgan fingerprint density at radius 1 is 0.935 bits per heavy atom. The molecular formula is C24H31N3O4. The largest absolute Gasteiger partial charge is 0.493 e. The molecule has 0 N–H and O–H groups in total. The summed E-state index contributed by atoms with van der Waals surface area (Å²) in [4.78, 5) is 30.4. The standard InChI is InChI=1S/C24H31N3O4/c1-18(28)20-6-8-21(9-7-20)27-13-11-26(12-14-27)17-24(29)25(2)16-19-5-10-22(30-3)23(15-19)31-4/h5-10,15H,11-14,16-17H2,1-4H3. The highest BCUT2D eigenvalue weighted by molar-refractivity contribution is 5.94. The van der Waals surface area contributed by atoms with Gasteiger partial charge in [-0.15, -0.1) is 0 Å². The van der Waals surface area contributed by atoms with Crippen LogP contribution in [-0.4, -0.2) is 75.5 Å². The summed E-state index contributed by atoms with van der Waals surface area (Å²) in [5, 5.41) is 0. The number of anilines is 1. The van der Waals surface area contributed by atoms with E-state index in [4.69, 9.17) is 9.47 Å². The van der Waals surface area contributed by atoms with Gasteiger partial charge in [0, 0.05) is 51.0 Å². The summed E-state index contributed by atoms with van der Waals surface area (Å²) in [6, 6.07) is 13.4. The molecule has 2 aromatic rings. The Morgan fingerprint density at radius 2 is 1.58 bits per heavy atom. The van der Waals surface area contributed by atoms with Crippen LogP contribution in [0.1, 0.15) is 22.8 Å². The van der Waals surface area contributed by atoms with Crippen LogP contribution in [0.4, 0.5) is 5.69 Å². The van der Waals surface area contributed by atoms with Crippen LogP contribution in [-0.2, 0) is 11.3 Å². The Hall–Kier alpha value is -3.06. The maximum absolute atomic E-state index is 12.7. The fourth-order valence-corrected chi connectivity index (χ4v) is 3.72. The Kier molecular flexibility index (Phi) is 7.52. The van der Waals surface area contributed by atoms with E-state index in [0.717, 1.165) is 43.0 Å². The second-order valence-electron chi connectivity index (χ2n) is 7.81. The average Bonchev–Trinajstić information content (AvgIpc) is 2.79. The highest BCUT2D eigenvalue weighted by Gasteiger charge is 2.21. The summed E-state index contributed by atoms with van der Waals surface area (Å²) in [6.45, 7) is 5.85. The Morgan fingerprint density at radius 3 is 2.16 bits per heavy atom. The third-order valence-corrected chi connectivity index (χ3v) is 5.66. The first-order chi connectivity index (χ1) is 14.9. The fourth-order valence-electron chi connectivity index (χ4n) is 3.72. The first-order valence-electron chi connectivity index (χ1n) is 10.4. The first-order valence-corrected chi connectivity index (χ1v) is 10.4. The van der Waals surface area contributed by atoms with Gasteiger partial charge in [0.25, 0.3) is 0 Å². The molecule has 0 bridgehead atoms. The van der Waals surface area contributed by atoms with Gasteiger partial charge in [0.05, 0.1) is 20.8 Å². The van der Waals surface area contributed by atoms with Crippen molar-refractivity contribution < 1.29 is 19.1 Å². The molecule has 166 valence electrons. The topological polar surface area (TPSA) is 62.3 Å². The molecule has 0 unspecified atom stereocenters. The molecule has 1 amide bonds. The summed E-state index contributed by atoms with van der Waals surface area (Å²) in [7, 11) is 5.04. The minimum absolute atomic E-state index is 0.0760. The van der Waals surface area contributed by atoms with Crippen molar-refractivity contribution in [3.8, 4) is 11.5 Å². The molecule has 0 aliphatic carbocycles. The summed E-state index contributed by atoms with van der Waals surface area (Å²) < 4.78 is 10.6. The number of ether oxygens (including phenoxy) is 2. The lowest BCUT2D eigenvalue weighted by Gasteiger charge is -2.36. The van der Waals surface area contributed by atoms with Crippen LogP contribution in [0.25, 0.3) is 0 Å². The predicted octanol–water partition coefficient (Wildman–Crippen LogP) is 2.69. The zero-order valence-corrected chi connectivity index (χ0v) is 18.8. The molecule has 1 heterocycles. The fraction of sp³-hybridized carbons (Fsp3) is 0.417. The van der Waals surface area contributed by atoms with Crippen molar-refractivity contribution in [1.29, 1.82) is 0 Å². The number of hydrogen-bond donors (Lipinski definition) is 0. The van der Waals surface area contributed by atoms with Gasteiger partial charge >= 0.3 is 0 Å². The summed E-state index contributed by atoms with van der Waals surface area (Å²) in [5.41, 5.74) is 2.83. The maximum atomic E-state index is 12.7. The summed E-state index contributed by atoms with van der Waals surface area (Å²) in [6.07, 6.45) is 0. The van der Waals surface area contributed by atoms with Gasteiger partial charge in [0.15, 0.2) is 17.3 Å². The van der Waals surface area contributed by atoms with Crippen LogP contribution < -0.4 is 14.4 Å². The molecule has 7 nitrogen and oxygen atoms in total. The lowest BCUT2D eigenvalue weighted by molar-refractivity contribution is -0.131. The van der Waals surface area contributed by atoms with E-state index in [1.54, 1.807) is 26.0 Å². The molecule has 2 aromatic carbocycles. The molecule has 0 aromatic heterocycles. The number of carbonyl (C=O) groups is 2. The van der Waals surface area contributed by atoms with Gasteiger partial charge < -0.3 is 19.3 Å². The summed E-state index contributed by atoms with van der Waals surface area (Å²) >= 11 is 0. The molecule has 0 radical (unpaired) electrons. The van der Waals surface area contributed by atoms with Gasteiger partial charge in [-0.3, -0.25) is 14.5 Å². The lowest BCUT2D eigenvalue weighted by Crippen LogP contribution is -2.49. The number of hydrogen-bond acceptors (Lipinski definition) is 6. The van der Waals surface area contributed by atoms with Crippen molar-refractivity contribution in [2.75, 3.05) is 58.9 Å². The lowest BCUT2D eigenvalue weighted by atomic mass is 10.1. The SMILES string of the molecule is COc1ccc(CN(C)C(=O)CN2CCN(c3ccc(C(C)=O)cc3)CC2)cc1OC. The number of carbonyl (C=O) groups excluding carboxylic acids is 2. The monoisotopic (exact) mass is 425 g/mol. The van der Waals surface area contributed by atoms with Crippen LogP contribution in [0, 0.1) is 0 Å². The molecule has 0 atom stereocenters. The van der Waals surface area contributed by atoms with Gasteiger partial charge in [-0.25, -0.2) is 0 Å². The van der Waals surface area contributed by atoms with Crippen LogP contribution in [0.2, 0.25) is 0 Å². The second-order valence-corrected chi connectivity index (χ2v) is 7.81. The number of methoxy groups -OCH3 is 2. The van der Waals surface area contributed by atoms with E-state index in [1.165, 1.54) is 0 Å². The van der Waals surface area contributed by atoms with Crippen LogP contribution in [0.5, 0.6) is 11.5 Å². The number of Topliss-reactive ketones (excluding diaryl/α,β-unsaturated/α-hetero) is 1. The normalized spacial score (nSPS) is 14.3. The molecule has 1 aliphatic heterocycles. The minimum Gasteiger partial charge on any atom is -0.493 e. The van der Waals surface area contributed by atoms with Gasteiger partial charge in [-0.1, -0.05) is 6.07 Å². The predicted molar refractivity (Wildman–Crippen MR) is 121 cm³/mol. The molecule has 31 heavy (non-hydrogen) atoms. The number of rotatable bonds is 8. The zero-order valence-electron chi connectivity index (χ0n) is 18.8. The van der Waals surface area contributed by atoms with E-state index in [-0.39, 0.29) is 11.7 Å². The molecule has 1 aliphatic rings. The number of benzene rings is 2. The van der Waals surface area contributed by atoms with Crippen LogP contribution in [0.15, 0.2) is 42.5 Å². The molecule has 1 fully saturated rings. The molecule has 0 spiro atoms. The van der Waals surface area contributed by atoms with Crippen molar-refractivity contribution in [1.82, 2.24) is 9.80 Å². The number of nitrogens with zero attached hydrogens (tertiary/aromatic N) is 3. The van der Waals surface area contributed by atoms with Crippen LogP contribution in [0.3, 0.4) is 0 Å². The molecule has 7 heteroatoms. The number of ketones is 1. The van der Waals surface area contributed by atoms with Crippen molar-refractivity contribution in [2.45, 2.75) is 13.5 Å². The van der Waals surface area contributed by atoms with Crippen molar-refractivity contribution >= 4 is 17.4 Å². The molecule has 3 rings (SSSR count). The molecule has 1 saturated heterocycles.